The fraction of sp³-hybridized carbons (Fsp3) is 0.562. The van der Waals surface area contributed by atoms with Gasteiger partial charge in [-0.3, -0.25) is 0 Å². The van der Waals surface area contributed by atoms with E-state index in [0.29, 0.717) is 11.6 Å². The number of halogens is 1. The second-order valence-electron chi connectivity index (χ2n) is 6.60. The molecule has 1 aromatic carbocycles. The molecule has 0 heterocycles. The molecule has 0 aliphatic heterocycles. The molecule has 1 fully saturated rings. The highest BCUT2D eigenvalue weighted by Gasteiger charge is 2.54. The van der Waals surface area contributed by atoms with E-state index >= 15 is 0 Å². The van der Waals surface area contributed by atoms with Gasteiger partial charge in [0.1, 0.15) is 5.60 Å². The summed E-state index contributed by atoms with van der Waals surface area (Å²) in [5.74, 6) is 0.161. The molecule has 21 heavy (non-hydrogen) atoms. The van der Waals surface area contributed by atoms with Crippen molar-refractivity contribution in [3.05, 3.63) is 34.9 Å². The molecule has 5 heteroatoms. The molecule has 1 amide bonds. The summed E-state index contributed by atoms with van der Waals surface area (Å²) in [6.07, 6.45) is 0.417. The van der Waals surface area contributed by atoms with Crippen LogP contribution in [0.25, 0.3) is 0 Å². The maximum absolute atomic E-state index is 11.8. The summed E-state index contributed by atoms with van der Waals surface area (Å²) in [6.45, 7) is 6.05. The van der Waals surface area contributed by atoms with E-state index in [2.05, 4.69) is 5.32 Å². The number of ether oxygens (including phenoxy) is 1. The SMILES string of the molecule is CC(C)(C)OC(=O)NC[C@@]1(c2ccc(Cl)cc2)C[C@H]1CO. The first kappa shape index (κ1) is 16.1. The van der Waals surface area contributed by atoms with Gasteiger partial charge < -0.3 is 15.2 Å². The minimum absolute atomic E-state index is 0.110. The molecule has 0 unspecified atom stereocenters. The Morgan fingerprint density at radius 3 is 2.52 bits per heavy atom. The Balaban J connectivity index is 2.04. The number of hydrogen-bond donors (Lipinski definition) is 2. The highest BCUT2D eigenvalue weighted by molar-refractivity contribution is 6.30. The number of carbonyl (C=O) groups excluding carboxylic acids is 1. The number of benzene rings is 1. The zero-order chi connectivity index (χ0) is 15.7. The average Bonchev–Trinajstić information content (AvgIpc) is 3.10. The Morgan fingerprint density at radius 1 is 1.43 bits per heavy atom. The Bertz CT molecular complexity index is 509. The smallest absolute Gasteiger partial charge is 0.407 e. The van der Waals surface area contributed by atoms with E-state index < -0.39 is 11.7 Å². The topological polar surface area (TPSA) is 58.6 Å². The van der Waals surface area contributed by atoms with Crippen LogP contribution in [0, 0.1) is 5.92 Å². The molecule has 0 spiro atoms. The number of amides is 1. The van der Waals surface area contributed by atoms with Crippen LogP contribution >= 0.6 is 11.6 Å². The highest BCUT2D eigenvalue weighted by atomic mass is 35.5. The summed E-state index contributed by atoms with van der Waals surface area (Å²) in [7, 11) is 0. The zero-order valence-electron chi connectivity index (χ0n) is 12.6. The fourth-order valence-corrected chi connectivity index (χ4v) is 2.74. The maximum atomic E-state index is 11.8. The third-order valence-electron chi connectivity index (χ3n) is 3.82. The van der Waals surface area contributed by atoms with E-state index in [1.807, 2.05) is 45.0 Å². The number of carbonyl (C=O) groups is 1. The summed E-state index contributed by atoms with van der Waals surface area (Å²) in [5, 5.41) is 12.9. The van der Waals surface area contributed by atoms with Gasteiger partial charge in [0, 0.05) is 23.6 Å². The predicted octanol–water partition coefficient (Wildman–Crippen LogP) is 3.11. The largest absolute Gasteiger partial charge is 0.444 e. The molecule has 0 saturated heterocycles. The normalized spacial score (nSPS) is 24.5. The number of aliphatic hydroxyl groups is 1. The Kier molecular flexibility index (Phi) is 4.49. The van der Waals surface area contributed by atoms with E-state index in [1.165, 1.54) is 0 Å². The first-order valence-corrected chi connectivity index (χ1v) is 7.48. The lowest BCUT2D eigenvalue weighted by Crippen LogP contribution is -2.37. The molecule has 1 aliphatic rings. The van der Waals surface area contributed by atoms with Crippen LogP contribution in [-0.4, -0.2) is 30.0 Å². The van der Waals surface area contributed by atoms with Gasteiger partial charge in [-0.25, -0.2) is 4.79 Å². The van der Waals surface area contributed by atoms with Crippen molar-refractivity contribution in [2.24, 2.45) is 5.92 Å². The standard InChI is InChI=1S/C16H22ClNO3/c1-15(2,3)21-14(20)18-10-16(8-12(16)9-19)11-4-6-13(17)7-5-11/h4-7,12,19H,8-10H2,1-3H3,(H,18,20)/t12-,16+/m0/s1. The molecular formula is C16H22ClNO3. The minimum atomic E-state index is -0.516. The molecule has 2 atom stereocenters. The van der Waals surface area contributed by atoms with E-state index in [9.17, 15) is 9.90 Å². The van der Waals surface area contributed by atoms with Crippen LogP contribution in [0.1, 0.15) is 32.8 Å². The molecule has 0 aromatic heterocycles. The third-order valence-corrected chi connectivity index (χ3v) is 4.07. The summed E-state index contributed by atoms with van der Waals surface area (Å²) in [6, 6.07) is 7.57. The number of aliphatic hydroxyl groups excluding tert-OH is 1. The van der Waals surface area contributed by atoms with Gasteiger partial charge in [-0.15, -0.1) is 0 Å². The molecule has 2 rings (SSSR count). The van der Waals surface area contributed by atoms with Crippen molar-refractivity contribution in [2.75, 3.05) is 13.2 Å². The molecule has 1 saturated carbocycles. The van der Waals surface area contributed by atoms with Crippen molar-refractivity contribution < 1.29 is 14.6 Å². The third kappa shape index (κ3) is 3.89. The van der Waals surface area contributed by atoms with Gasteiger partial charge in [0.2, 0.25) is 0 Å². The number of hydrogen-bond acceptors (Lipinski definition) is 3. The molecule has 0 radical (unpaired) electrons. The number of rotatable bonds is 4. The average molecular weight is 312 g/mol. The van der Waals surface area contributed by atoms with Crippen molar-refractivity contribution in [1.29, 1.82) is 0 Å². The first-order valence-electron chi connectivity index (χ1n) is 7.10. The van der Waals surface area contributed by atoms with Crippen LogP contribution in [0.15, 0.2) is 24.3 Å². The van der Waals surface area contributed by atoms with Crippen LogP contribution in [-0.2, 0) is 10.2 Å². The lowest BCUT2D eigenvalue weighted by atomic mass is 9.93. The number of nitrogens with one attached hydrogen (secondary N) is 1. The van der Waals surface area contributed by atoms with Gasteiger partial charge in [0.25, 0.3) is 0 Å². The van der Waals surface area contributed by atoms with Gasteiger partial charge in [-0.1, -0.05) is 23.7 Å². The van der Waals surface area contributed by atoms with E-state index in [1.54, 1.807) is 0 Å². The molecule has 1 aromatic rings. The molecule has 2 N–H and O–H groups in total. The Hall–Kier alpha value is -1.26. The minimum Gasteiger partial charge on any atom is -0.444 e. The summed E-state index contributed by atoms with van der Waals surface area (Å²) in [4.78, 5) is 11.8. The van der Waals surface area contributed by atoms with Crippen LogP contribution in [0.3, 0.4) is 0 Å². The molecule has 4 nitrogen and oxygen atoms in total. The van der Waals surface area contributed by atoms with Crippen LogP contribution < -0.4 is 5.32 Å². The molecular weight excluding hydrogens is 290 g/mol. The lowest BCUT2D eigenvalue weighted by molar-refractivity contribution is 0.0520. The van der Waals surface area contributed by atoms with Crippen molar-refractivity contribution in [3.8, 4) is 0 Å². The van der Waals surface area contributed by atoms with E-state index in [-0.39, 0.29) is 17.9 Å². The van der Waals surface area contributed by atoms with Gasteiger partial charge in [-0.05, 0) is 50.8 Å². The highest BCUT2D eigenvalue weighted by Crippen LogP contribution is 2.53. The van der Waals surface area contributed by atoms with E-state index in [4.69, 9.17) is 16.3 Å². The first-order chi connectivity index (χ1) is 9.77. The van der Waals surface area contributed by atoms with Gasteiger partial charge in [0.15, 0.2) is 0 Å². The van der Waals surface area contributed by atoms with Crippen molar-refractivity contribution >= 4 is 17.7 Å². The summed E-state index contributed by atoms with van der Waals surface area (Å²) < 4.78 is 5.25. The van der Waals surface area contributed by atoms with E-state index in [0.717, 1.165) is 12.0 Å². The second-order valence-corrected chi connectivity index (χ2v) is 7.04. The Morgan fingerprint density at radius 2 is 2.05 bits per heavy atom. The zero-order valence-corrected chi connectivity index (χ0v) is 13.4. The number of alkyl carbamates (subject to hydrolysis) is 1. The molecule has 0 bridgehead atoms. The second kappa shape index (κ2) is 5.85. The van der Waals surface area contributed by atoms with Crippen molar-refractivity contribution in [1.82, 2.24) is 5.32 Å². The van der Waals surface area contributed by atoms with Crippen molar-refractivity contribution in [3.63, 3.8) is 0 Å². The van der Waals surface area contributed by atoms with Crippen LogP contribution in [0.5, 0.6) is 0 Å². The van der Waals surface area contributed by atoms with Crippen molar-refractivity contribution in [2.45, 2.75) is 38.2 Å². The quantitative estimate of drug-likeness (QED) is 0.898. The summed E-state index contributed by atoms with van der Waals surface area (Å²) in [5.41, 5.74) is 0.357. The fourth-order valence-electron chi connectivity index (χ4n) is 2.62. The lowest BCUT2D eigenvalue weighted by Gasteiger charge is -2.22. The van der Waals surface area contributed by atoms with Crippen LogP contribution in [0.2, 0.25) is 5.02 Å². The van der Waals surface area contributed by atoms with Gasteiger partial charge >= 0.3 is 6.09 Å². The van der Waals surface area contributed by atoms with Gasteiger partial charge in [0.05, 0.1) is 0 Å². The van der Waals surface area contributed by atoms with Gasteiger partial charge in [-0.2, -0.15) is 0 Å². The molecule has 1 aliphatic carbocycles. The Labute approximate surface area is 130 Å². The maximum Gasteiger partial charge on any atom is 0.407 e. The summed E-state index contributed by atoms with van der Waals surface area (Å²) >= 11 is 5.91. The predicted molar refractivity (Wildman–Crippen MR) is 82.6 cm³/mol. The molecule has 116 valence electrons. The monoisotopic (exact) mass is 311 g/mol. The van der Waals surface area contributed by atoms with Crippen LogP contribution in [0.4, 0.5) is 4.79 Å².